The van der Waals surface area contributed by atoms with Crippen molar-refractivity contribution in [2.75, 3.05) is 5.32 Å². The molecule has 0 bridgehead atoms. The van der Waals surface area contributed by atoms with Crippen molar-refractivity contribution < 1.29 is 5.11 Å². The molecule has 1 rings (SSSR count). The van der Waals surface area contributed by atoms with Crippen molar-refractivity contribution >= 4 is 5.69 Å². The van der Waals surface area contributed by atoms with E-state index in [-0.39, 0.29) is 12.1 Å². The van der Waals surface area contributed by atoms with Crippen LogP contribution in [0.25, 0.3) is 0 Å². The maximum atomic E-state index is 9.40. The highest BCUT2D eigenvalue weighted by Crippen LogP contribution is 2.20. The van der Waals surface area contributed by atoms with Crippen LogP contribution in [-0.4, -0.2) is 17.3 Å². The summed E-state index contributed by atoms with van der Waals surface area (Å²) in [6, 6.07) is 6.27. The molecule has 0 fully saturated rings. The van der Waals surface area contributed by atoms with Gasteiger partial charge in [0.15, 0.2) is 0 Å². The van der Waals surface area contributed by atoms with Crippen LogP contribution in [0.1, 0.15) is 25.0 Å². The number of aliphatic hydroxyl groups is 1. The van der Waals surface area contributed by atoms with E-state index < -0.39 is 0 Å². The van der Waals surface area contributed by atoms with Gasteiger partial charge in [0.25, 0.3) is 0 Å². The van der Waals surface area contributed by atoms with Crippen molar-refractivity contribution in [3.8, 4) is 0 Å². The summed E-state index contributed by atoms with van der Waals surface area (Å²) in [7, 11) is 0. The third-order valence-corrected chi connectivity index (χ3v) is 2.58. The molecule has 0 saturated heterocycles. The Kier molecular flexibility index (Phi) is 3.53. The first-order valence-corrected chi connectivity index (χ1v) is 5.03. The lowest BCUT2D eigenvalue weighted by atomic mass is 10.1. The average molecular weight is 193 g/mol. The second-order valence-electron chi connectivity index (χ2n) is 3.94. The molecule has 0 aliphatic rings. The molecular weight excluding hydrogens is 174 g/mol. The Hall–Kier alpha value is -1.02. The Morgan fingerprint density at radius 1 is 1.14 bits per heavy atom. The number of aliphatic hydroxyl groups excluding tert-OH is 1. The van der Waals surface area contributed by atoms with Crippen LogP contribution in [0.15, 0.2) is 18.2 Å². The molecule has 14 heavy (non-hydrogen) atoms. The quantitative estimate of drug-likeness (QED) is 0.773. The van der Waals surface area contributed by atoms with Crippen LogP contribution >= 0.6 is 0 Å². The van der Waals surface area contributed by atoms with Crippen LogP contribution in [0.4, 0.5) is 5.69 Å². The van der Waals surface area contributed by atoms with Crippen molar-refractivity contribution in [2.45, 2.75) is 39.8 Å². The minimum absolute atomic E-state index is 0.0785. The van der Waals surface area contributed by atoms with Gasteiger partial charge in [0.05, 0.1) is 6.10 Å². The molecule has 1 aromatic rings. The molecule has 0 aliphatic carbocycles. The highest BCUT2D eigenvalue weighted by Gasteiger charge is 2.10. The van der Waals surface area contributed by atoms with Gasteiger partial charge in [-0.1, -0.05) is 18.2 Å². The molecule has 1 aromatic carbocycles. The number of nitrogens with one attached hydrogen (secondary N) is 1. The Balaban J connectivity index is 2.85. The van der Waals surface area contributed by atoms with Gasteiger partial charge in [-0.05, 0) is 38.8 Å². The van der Waals surface area contributed by atoms with E-state index in [1.807, 2.05) is 13.0 Å². The van der Waals surface area contributed by atoms with Gasteiger partial charge in [-0.25, -0.2) is 0 Å². The van der Waals surface area contributed by atoms with E-state index in [1.165, 1.54) is 11.1 Å². The summed E-state index contributed by atoms with van der Waals surface area (Å²) < 4.78 is 0. The number of hydrogen-bond donors (Lipinski definition) is 2. The average Bonchev–Trinajstić information content (AvgIpc) is 2.11. The summed E-state index contributed by atoms with van der Waals surface area (Å²) in [5, 5.41) is 12.7. The van der Waals surface area contributed by atoms with Gasteiger partial charge in [-0.2, -0.15) is 0 Å². The lowest BCUT2D eigenvalue weighted by Gasteiger charge is -2.21. The number of para-hydroxylation sites is 1. The van der Waals surface area contributed by atoms with Crippen molar-refractivity contribution in [3.05, 3.63) is 29.3 Å². The molecular formula is C12H19NO. The fourth-order valence-corrected chi connectivity index (χ4v) is 1.39. The highest BCUT2D eigenvalue weighted by molar-refractivity contribution is 5.57. The molecule has 2 nitrogen and oxygen atoms in total. The summed E-state index contributed by atoms with van der Waals surface area (Å²) in [6.07, 6.45) is -0.339. The lowest BCUT2D eigenvalue weighted by molar-refractivity contribution is 0.178. The summed E-state index contributed by atoms with van der Waals surface area (Å²) in [5.41, 5.74) is 3.58. The first kappa shape index (κ1) is 11.1. The van der Waals surface area contributed by atoms with Gasteiger partial charge in [0, 0.05) is 11.7 Å². The Labute approximate surface area is 86.0 Å². The summed E-state index contributed by atoms with van der Waals surface area (Å²) >= 11 is 0. The molecule has 0 radical (unpaired) electrons. The Morgan fingerprint density at radius 2 is 1.64 bits per heavy atom. The number of hydrogen-bond acceptors (Lipinski definition) is 2. The number of aryl methyl sites for hydroxylation is 2. The van der Waals surface area contributed by atoms with Gasteiger partial charge >= 0.3 is 0 Å². The van der Waals surface area contributed by atoms with Gasteiger partial charge in [0.2, 0.25) is 0 Å². The van der Waals surface area contributed by atoms with E-state index >= 15 is 0 Å². The number of anilines is 1. The normalized spacial score (nSPS) is 14.9. The predicted molar refractivity (Wildman–Crippen MR) is 60.7 cm³/mol. The maximum Gasteiger partial charge on any atom is 0.0710 e. The van der Waals surface area contributed by atoms with Crippen LogP contribution in [0.5, 0.6) is 0 Å². The second-order valence-corrected chi connectivity index (χ2v) is 3.94. The second kappa shape index (κ2) is 4.47. The smallest absolute Gasteiger partial charge is 0.0710 e. The lowest BCUT2D eigenvalue weighted by Crippen LogP contribution is -2.28. The van der Waals surface area contributed by atoms with Gasteiger partial charge in [-0.3, -0.25) is 0 Å². The van der Waals surface area contributed by atoms with Crippen molar-refractivity contribution in [1.82, 2.24) is 0 Å². The zero-order valence-electron chi connectivity index (χ0n) is 9.33. The van der Waals surface area contributed by atoms with Crippen molar-refractivity contribution in [2.24, 2.45) is 0 Å². The SMILES string of the molecule is Cc1cccc(C)c1NC(C)C(C)O. The molecule has 2 atom stereocenters. The summed E-state index contributed by atoms with van der Waals surface area (Å²) in [6.45, 7) is 7.93. The third-order valence-electron chi connectivity index (χ3n) is 2.58. The van der Waals surface area contributed by atoms with Gasteiger partial charge < -0.3 is 10.4 Å². The van der Waals surface area contributed by atoms with Crippen LogP contribution < -0.4 is 5.32 Å². The molecule has 2 N–H and O–H groups in total. The predicted octanol–water partition coefficient (Wildman–Crippen LogP) is 2.48. The molecule has 0 saturated carbocycles. The van der Waals surface area contributed by atoms with Crippen LogP contribution in [0.2, 0.25) is 0 Å². The molecule has 0 amide bonds. The summed E-state index contributed by atoms with van der Waals surface area (Å²) in [5.74, 6) is 0. The van der Waals surface area contributed by atoms with Gasteiger partial charge in [0.1, 0.15) is 0 Å². The fourth-order valence-electron chi connectivity index (χ4n) is 1.39. The molecule has 0 aromatic heterocycles. The zero-order chi connectivity index (χ0) is 10.7. The van der Waals surface area contributed by atoms with Crippen LogP contribution in [0, 0.1) is 13.8 Å². The summed E-state index contributed by atoms with van der Waals surface area (Å²) in [4.78, 5) is 0. The van der Waals surface area contributed by atoms with Crippen LogP contribution in [0.3, 0.4) is 0 Å². The zero-order valence-corrected chi connectivity index (χ0v) is 9.33. The number of benzene rings is 1. The largest absolute Gasteiger partial charge is 0.391 e. The first-order valence-electron chi connectivity index (χ1n) is 5.03. The monoisotopic (exact) mass is 193 g/mol. The Morgan fingerprint density at radius 3 is 2.07 bits per heavy atom. The molecule has 0 aliphatic heterocycles. The fraction of sp³-hybridized carbons (Fsp3) is 0.500. The molecule has 2 heteroatoms. The first-order chi connectivity index (χ1) is 6.52. The topological polar surface area (TPSA) is 32.3 Å². The van der Waals surface area contributed by atoms with E-state index in [0.717, 1.165) is 5.69 Å². The van der Waals surface area contributed by atoms with Crippen molar-refractivity contribution in [3.63, 3.8) is 0 Å². The van der Waals surface area contributed by atoms with E-state index in [0.29, 0.717) is 0 Å². The van der Waals surface area contributed by atoms with Crippen molar-refractivity contribution in [1.29, 1.82) is 0 Å². The third kappa shape index (κ3) is 2.48. The molecule has 2 unspecified atom stereocenters. The van der Waals surface area contributed by atoms with E-state index in [2.05, 4.69) is 31.3 Å². The minimum Gasteiger partial charge on any atom is -0.391 e. The van der Waals surface area contributed by atoms with E-state index in [9.17, 15) is 5.11 Å². The maximum absolute atomic E-state index is 9.40. The highest BCUT2D eigenvalue weighted by atomic mass is 16.3. The van der Waals surface area contributed by atoms with Crippen LogP contribution in [-0.2, 0) is 0 Å². The van der Waals surface area contributed by atoms with E-state index in [4.69, 9.17) is 0 Å². The number of rotatable bonds is 3. The minimum atomic E-state index is -0.339. The van der Waals surface area contributed by atoms with E-state index in [1.54, 1.807) is 6.92 Å². The molecule has 0 spiro atoms. The molecule has 0 heterocycles. The Bertz CT molecular complexity index is 287. The van der Waals surface area contributed by atoms with Gasteiger partial charge in [-0.15, -0.1) is 0 Å². The standard InChI is InChI=1S/C12H19NO/c1-8-6-5-7-9(2)12(8)13-10(3)11(4)14/h5-7,10-11,13-14H,1-4H3. The molecule has 78 valence electrons.